The van der Waals surface area contributed by atoms with E-state index in [4.69, 9.17) is 5.11 Å². The first-order valence-corrected chi connectivity index (χ1v) is 2.98. The van der Waals surface area contributed by atoms with Gasteiger partial charge in [0, 0.05) is 6.07 Å². The molecule has 1 aromatic rings. The summed E-state index contributed by atoms with van der Waals surface area (Å²) in [6, 6.07) is 0.779. The summed E-state index contributed by atoms with van der Waals surface area (Å²) < 4.78 is 48.6. The first kappa shape index (κ1) is 8.83. The van der Waals surface area contributed by atoms with Crippen LogP contribution < -0.4 is 0 Å². The molecule has 0 heterocycles. The number of hydrogen-bond donors (Lipinski definition) is 1. The fourth-order valence-corrected chi connectivity index (χ4v) is 0.754. The molecular weight excluding hydrogens is 176 g/mol. The van der Waals surface area contributed by atoms with Gasteiger partial charge in [-0.2, -0.15) is 0 Å². The molecule has 0 saturated carbocycles. The molecule has 0 amide bonds. The van der Waals surface area contributed by atoms with Crippen LogP contribution in [0.5, 0.6) is 5.75 Å². The van der Waals surface area contributed by atoms with Gasteiger partial charge in [-0.3, -0.25) is 0 Å². The quantitative estimate of drug-likeness (QED) is 0.658. The predicted molar refractivity (Wildman–Crippen MR) is 33.0 cm³/mol. The minimum atomic E-state index is -3.13. The van der Waals surface area contributed by atoms with Crippen molar-refractivity contribution in [3.8, 4) is 5.75 Å². The Kier molecular flexibility index (Phi) is 2.21. The van der Waals surface area contributed by atoms with Crippen LogP contribution in [0.4, 0.5) is 17.6 Å². The number of hydrogen-bond acceptors (Lipinski definition) is 1. The molecule has 0 radical (unpaired) electrons. The van der Waals surface area contributed by atoms with Crippen LogP contribution >= 0.6 is 0 Å². The van der Waals surface area contributed by atoms with Gasteiger partial charge in [-0.1, -0.05) is 0 Å². The Bertz CT molecular complexity index is 298. The summed E-state index contributed by atoms with van der Waals surface area (Å²) in [5, 5.41) is 8.58. The zero-order chi connectivity index (χ0) is 9.30. The van der Waals surface area contributed by atoms with Crippen molar-refractivity contribution in [2.24, 2.45) is 0 Å². The molecule has 0 aliphatic rings. The van der Waals surface area contributed by atoms with Crippen molar-refractivity contribution in [1.82, 2.24) is 0 Å². The van der Waals surface area contributed by atoms with Crippen molar-refractivity contribution in [1.29, 1.82) is 0 Å². The Balaban J connectivity index is 3.28. The van der Waals surface area contributed by atoms with Crippen LogP contribution in [0.25, 0.3) is 0 Å². The van der Waals surface area contributed by atoms with Crippen LogP contribution in [0.2, 0.25) is 0 Å². The average Bonchev–Trinajstić information content (AvgIpc) is 1.96. The molecule has 1 rings (SSSR count). The van der Waals surface area contributed by atoms with E-state index in [1.807, 2.05) is 0 Å². The first-order chi connectivity index (χ1) is 5.52. The minimum absolute atomic E-state index is 0.347. The van der Waals surface area contributed by atoms with Crippen molar-refractivity contribution >= 4 is 0 Å². The Hall–Kier alpha value is -1.26. The zero-order valence-corrected chi connectivity index (χ0v) is 5.69. The van der Waals surface area contributed by atoms with Gasteiger partial charge in [0.1, 0.15) is 5.82 Å². The van der Waals surface area contributed by atoms with Gasteiger partial charge in [-0.15, -0.1) is 0 Å². The number of benzene rings is 1. The van der Waals surface area contributed by atoms with Crippen LogP contribution in [-0.4, -0.2) is 5.11 Å². The van der Waals surface area contributed by atoms with E-state index < -0.39 is 29.4 Å². The summed E-state index contributed by atoms with van der Waals surface area (Å²) in [4.78, 5) is 0. The molecule has 0 atom stereocenters. The van der Waals surface area contributed by atoms with E-state index in [9.17, 15) is 17.6 Å². The van der Waals surface area contributed by atoms with Gasteiger partial charge in [-0.25, -0.2) is 17.6 Å². The van der Waals surface area contributed by atoms with Crippen LogP contribution in [0.3, 0.4) is 0 Å². The average molecular weight is 180 g/mol. The Morgan fingerprint density at radius 1 is 1.17 bits per heavy atom. The van der Waals surface area contributed by atoms with E-state index in [0.717, 1.165) is 0 Å². The first-order valence-electron chi connectivity index (χ1n) is 2.98. The third-order valence-electron chi connectivity index (χ3n) is 1.28. The molecule has 0 aliphatic carbocycles. The van der Waals surface area contributed by atoms with Crippen molar-refractivity contribution in [2.45, 2.75) is 6.43 Å². The smallest absolute Gasteiger partial charge is 0.266 e. The maximum Gasteiger partial charge on any atom is 0.266 e. The summed E-state index contributed by atoms with van der Waals surface area (Å²) in [6.45, 7) is 0. The number of alkyl halides is 2. The van der Waals surface area contributed by atoms with E-state index in [-0.39, 0.29) is 0 Å². The maximum atomic E-state index is 12.5. The molecule has 0 fully saturated rings. The van der Waals surface area contributed by atoms with Gasteiger partial charge in [0.25, 0.3) is 6.43 Å². The molecule has 0 aromatic heterocycles. The Morgan fingerprint density at radius 2 is 1.75 bits per heavy atom. The Morgan fingerprint density at radius 3 is 2.25 bits per heavy atom. The molecule has 1 N–H and O–H groups in total. The maximum absolute atomic E-state index is 12.5. The number of phenols is 1. The summed E-state index contributed by atoms with van der Waals surface area (Å²) in [6.07, 6.45) is -3.13. The third kappa shape index (κ3) is 1.49. The van der Waals surface area contributed by atoms with E-state index in [0.29, 0.717) is 12.1 Å². The molecule has 1 aromatic carbocycles. The highest BCUT2D eigenvalue weighted by atomic mass is 19.3. The number of aromatic hydroxyl groups is 1. The van der Waals surface area contributed by atoms with Crippen molar-refractivity contribution in [2.75, 3.05) is 0 Å². The molecule has 0 spiro atoms. The topological polar surface area (TPSA) is 20.2 Å². The molecule has 0 aliphatic heterocycles. The summed E-state index contributed by atoms with van der Waals surface area (Å²) in [5.41, 5.74) is -1.13. The highest BCUT2D eigenvalue weighted by Gasteiger charge is 2.17. The van der Waals surface area contributed by atoms with Crippen LogP contribution in [0.15, 0.2) is 12.1 Å². The zero-order valence-electron chi connectivity index (χ0n) is 5.69. The summed E-state index contributed by atoms with van der Waals surface area (Å²) in [5.74, 6) is -3.68. The molecule has 0 bridgehead atoms. The molecule has 12 heavy (non-hydrogen) atoms. The highest BCUT2D eigenvalue weighted by molar-refractivity contribution is 5.31. The van der Waals surface area contributed by atoms with Crippen molar-refractivity contribution in [3.05, 3.63) is 29.3 Å². The van der Waals surface area contributed by atoms with Gasteiger partial charge in [0.15, 0.2) is 11.6 Å². The van der Waals surface area contributed by atoms with Crippen molar-refractivity contribution in [3.63, 3.8) is 0 Å². The number of phenolic OH excluding ortho intramolecular Hbond substituents is 1. The largest absolute Gasteiger partial charge is 0.505 e. The number of rotatable bonds is 1. The second kappa shape index (κ2) is 3.00. The Labute approximate surface area is 65.3 Å². The minimum Gasteiger partial charge on any atom is -0.505 e. The van der Waals surface area contributed by atoms with E-state index in [1.165, 1.54) is 0 Å². The fourth-order valence-electron chi connectivity index (χ4n) is 0.754. The molecule has 1 nitrogen and oxygen atoms in total. The highest BCUT2D eigenvalue weighted by Crippen LogP contribution is 2.28. The monoisotopic (exact) mass is 180 g/mol. The lowest BCUT2D eigenvalue weighted by Crippen LogP contribution is -1.92. The molecule has 66 valence electrons. The lowest BCUT2D eigenvalue weighted by atomic mass is 10.2. The summed E-state index contributed by atoms with van der Waals surface area (Å²) in [7, 11) is 0. The van der Waals surface area contributed by atoms with Crippen LogP contribution in [-0.2, 0) is 0 Å². The van der Waals surface area contributed by atoms with E-state index in [2.05, 4.69) is 0 Å². The second-order valence-corrected chi connectivity index (χ2v) is 2.13. The fraction of sp³-hybridized carbons (Fsp3) is 0.143. The molecule has 5 heteroatoms. The summed E-state index contributed by atoms with van der Waals surface area (Å²) >= 11 is 0. The van der Waals surface area contributed by atoms with E-state index >= 15 is 0 Å². The van der Waals surface area contributed by atoms with Gasteiger partial charge in [0.05, 0.1) is 5.56 Å². The van der Waals surface area contributed by atoms with Gasteiger partial charge in [0.2, 0.25) is 0 Å². The van der Waals surface area contributed by atoms with Crippen LogP contribution in [0, 0.1) is 11.6 Å². The van der Waals surface area contributed by atoms with Gasteiger partial charge in [-0.05, 0) is 6.07 Å². The molecule has 0 saturated heterocycles. The predicted octanol–water partition coefficient (Wildman–Crippen LogP) is 2.61. The van der Waals surface area contributed by atoms with Gasteiger partial charge < -0.3 is 5.11 Å². The second-order valence-electron chi connectivity index (χ2n) is 2.13. The molecule has 0 unspecified atom stereocenters. The SMILES string of the molecule is Oc1cc(F)cc(C(F)F)c1F. The van der Waals surface area contributed by atoms with E-state index in [1.54, 1.807) is 0 Å². The standard InChI is InChI=1S/C7H4F4O/c8-3-1-4(7(10)11)6(9)5(12)2-3/h1-2,7,12H. The van der Waals surface area contributed by atoms with Gasteiger partial charge >= 0.3 is 0 Å². The van der Waals surface area contributed by atoms with Crippen LogP contribution in [0.1, 0.15) is 12.0 Å². The number of halogens is 4. The van der Waals surface area contributed by atoms with Crippen molar-refractivity contribution < 1.29 is 22.7 Å². The lowest BCUT2D eigenvalue weighted by molar-refractivity contribution is 0.144. The molecular formula is C7H4F4O. The third-order valence-corrected chi connectivity index (χ3v) is 1.28. The normalized spacial score (nSPS) is 10.8. The lowest BCUT2D eigenvalue weighted by Gasteiger charge is -2.02.